The first-order chi connectivity index (χ1) is 16.5. The van der Waals surface area contributed by atoms with Crippen LogP contribution in [0, 0.1) is 0 Å². The Morgan fingerprint density at radius 2 is 1.71 bits per heavy atom. The minimum absolute atomic E-state index is 0.0390. The van der Waals surface area contributed by atoms with E-state index in [1.807, 2.05) is 71.6 Å². The quantitative estimate of drug-likeness (QED) is 0.348. The molecule has 178 valence electrons. The Kier molecular flexibility index (Phi) is 7.63. The van der Waals surface area contributed by atoms with Gasteiger partial charge in [0.25, 0.3) is 0 Å². The van der Waals surface area contributed by atoms with E-state index in [9.17, 15) is 4.79 Å². The van der Waals surface area contributed by atoms with Gasteiger partial charge in [0.15, 0.2) is 11.5 Å². The number of carbonyl (C=O) groups is 1. The molecule has 4 rings (SSSR count). The van der Waals surface area contributed by atoms with Gasteiger partial charge in [0.05, 0.1) is 20.8 Å². The van der Waals surface area contributed by atoms with Crippen molar-refractivity contribution in [1.82, 2.24) is 4.90 Å². The van der Waals surface area contributed by atoms with E-state index in [2.05, 4.69) is 22.9 Å². The standard InChI is InChI=1S/C27H29BrN2O4/c1-19-13-14-29(27(31)30(19)17-21-9-10-22(28)15-25(21)33-3)23-11-12-24(32-2)26(16-23)34-18-20-7-5-4-6-8-20/h4-12,15-16,19H,13-14,17-18H2,1-3H3. The summed E-state index contributed by atoms with van der Waals surface area (Å²) < 4.78 is 18.0. The van der Waals surface area contributed by atoms with E-state index in [0.717, 1.165) is 33.5 Å². The lowest BCUT2D eigenvalue weighted by Crippen LogP contribution is -2.53. The van der Waals surface area contributed by atoms with Gasteiger partial charge in [-0.2, -0.15) is 0 Å². The number of carbonyl (C=O) groups excluding carboxylic acids is 1. The number of nitrogens with zero attached hydrogens (tertiary/aromatic N) is 2. The van der Waals surface area contributed by atoms with Crippen LogP contribution in [0.1, 0.15) is 24.5 Å². The zero-order valence-corrected chi connectivity index (χ0v) is 21.2. The second kappa shape index (κ2) is 10.8. The summed E-state index contributed by atoms with van der Waals surface area (Å²) in [4.78, 5) is 17.3. The van der Waals surface area contributed by atoms with E-state index >= 15 is 0 Å². The average molecular weight is 525 g/mol. The third-order valence-electron chi connectivity index (χ3n) is 6.07. The predicted octanol–water partition coefficient (Wildman–Crippen LogP) is 6.27. The fourth-order valence-electron chi connectivity index (χ4n) is 4.09. The number of halogens is 1. The summed E-state index contributed by atoms with van der Waals surface area (Å²) in [5.74, 6) is 2.00. The largest absolute Gasteiger partial charge is 0.496 e. The van der Waals surface area contributed by atoms with E-state index in [-0.39, 0.29) is 12.1 Å². The van der Waals surface area contributed by atoms with Gasteiger partial charge in [-0.1, -0.05) is 52.3 Å². The summed E-state index contributed by atoms with van der Waals surface area (Å²) in [7, 11) is 3.26. The molecule has 1 aliphatic heterocycles. The molecule has 1 heterocycles. The van der Waals surface area contributed by atoms with Gasteiger partial charge in [-0.05, 0) is 43.2 Å². The number of hydrogen-bond acceptors (Lipinski definition) is 4. The zero-order valence-electron chi connectivity index (χ0n) is 19.7. The fourth-order valence-corrected chi connectivity index (χ4v) is 4.43. The lowest BCUT2D eigenvalue weighted by Gasteiger charge is -2.40. The first-order valence-electron chi connectivity index (χ1n) is 11.3. The summed E-state index contributed by atoms with van der Waals surface area (Å²) >= 11 is 3.48. The van der Waals surface area contributed by atoms with Crippen molar-refractivity contribution in [3.63, 3.8) is 0 Å². The third kappa shape index (κ3) is 5.30. The normalized spacial score (nSPS) is 15.9. The molecule has 1 atom stereocenters. The molecule has 6 nitrogen and oxygen atoms in total. The third-order valence-corrected chi connectivity index (χ3v) is 6.56. The molecular weight excluding hydrogens is 496 g/mol. The summed E-state index contributed by atoms with van der Waals surface area (Å²) in [6.45, 7) is 3.61. The van der Waals surface area contributed by atoms with Crippen molar-refractivity contribution in [1.29, 1.82) is 0 Å². The van der Waals surface area contributed by atoms with Crippen molar-refractivity contribution in [2.75, 3.05) is 25.7 Å². The van der Waals surface area contributed by atoms with Crippen LogP contribution in [0.2, 0.25) is 0 Å². The van der Waals surface area contributed by atoms with E-state index in [1.54, 1.807) is 19.1 Å². The summed E-state index contributed by atoms with van der Waals surface area (Å²) in [6, 6.07) is 21.6. The Morgan fingerprint density at radius 1 is 0.941 bits per heavy atom. The van der Waals surface area contributed by atoms with Gasteiger partial charge in [0.2, 0.25) is 0 Å². The number of methoxy groups -OCH3 is 2. The molecule has 7 heteroatoms. The maximum absolute atomic E-state index is 13.6. The number of ether oxygens (including phenoxy) is 3. The van der Waals surface area contributed by atoms with Gasteiger partial charge < -0.3 is 19.1 Å². The number of hydrogen-bond donors (Lipinski definition) is 0. The summed E-state index contributed by atoms with van der Waals surface area (Å²) in [5, 5.41) is 0. The first kappa shape index (κ1) is 24.0. The molecule has 0 N–H and O–H groups in total. The molecule has 3 aromatic rings. The van der Waals surface area contributed by atoms with Gasteiger partial charge in [0.1, 0.15) is 12.4 Å². The molecule has 34 heavy (non-hydrogen) atoms. The van der Waals surface area contributed by atoms with E-state index < -0.39 is 0 Å². The van der Waals surface area contributed by atoms with Crippen molar-refractivity contribution in [2.45, 2.75) is 32.5 Å². The van der Waals surface area contributed by atoms with Crippen molar-refractivity contribution in [3.05, 3.63) is 82.3 Å². The van der Waals surface area contributed by atoms with E-state index in [4.69, 9.17) is 14.2 Å². The van der Waals surface area contributed by atoms with E-state index in [1.165, 1.54) is 0 Å². The van der Waals surface area contributed by atoms with Crippen LogP contribution >= 0.6 is 15.9 Å². The average Bonchev–Trinajstić information content (AvgIpc) is 2.86. The smallest absolute Gasteiger partial charge is 0.325 e. The number of urea groups is 1. The van der Waals surface area contributed by atoms with Crippen molar-refractivity contribution >= 4 is 27.6 Å². The highest BCUT2D eigenvalue weighted by atomic mass is 79.9. The minimum atomic E-state index is -0.0390. The maximum atomic E-state index is 13.6. The fraction of sp³-hybridized carbons (Fsp3) is 0.296. The van der Waals surface area contributed by atoms with Crippen LogP contribution in [0.3, 0.4) is 0 Å². The van der Waals surface area contributed by atoms with Crippen LogP contribution in [0.5, 0.6) is 17.2 Å². The molecule has 0 radical (unpaired) electrons. The Balaban J connectivity index is 1.56. The highest BCUT2D eigenvalue weighted by Crippen LogP contribution is 2.35. The summed E-state index contributed by atoms with van der Waals surface area (Å²) in [5.41, 5.74) is 2.82. The Morgan fingerprint density at radius 3 is 2.44 bits per heavy atom. The van der Waals surface area contributed by atoms with Crippen LogP contribution in [-0.2, 0) is 13.2 Å². The van der Waals surface area contributed by atoms with E-state index in [0.29, 0.717) is 31.2 Å². The zero-order chi connectivity index (χ0) is 24.1. The molecule has 1 unspecified atom stereocenters. The van der Waals surface area contributed by atoms with Crippen LogP contribution in [0.15, 0.2) is 71.2 Å². The van der Waals surface area contributed by atoms with Gasteiger partial charge in [0, 0.05) is 34.4 Å². The monoisotopic (exact) mass is 524 g/mol. The molecule has 0 saturated carbocycles. The van der Waals surface area contributed by atoms with Crippen LogP contribution in [-0.4, -0.2) is 37.7 Å². The summed E-state index contributed by atoms with van der Waals surface area (Å²) in [6.07, 6.45) is 0.858. The highest BCUT2D eigenvalue weighted by molar-refractivity contribution is 9.10. The molecule has 2 amide bonds. The van der Waals surface area contributed by atoms with Gasteiger partial charge in [-0.15, -0.1) is 0 Å². The molecule has 1 saturated heterocycles. The van der Waals surface area contributed by atoms with Crippen molar-refractivity contribution < 1.29 is 19.0 Å². The lowest BCUT2D eigenvalue weighted by atomic mass is 10.1. The Hall–Kier alpha value is -3.19. The minimum Gasteiger partial charge on any atom is -0.496 e. The first-order valence-corrected chi connectivity index (χ1v) is 12.0. The molecule has 3 aromatic carbocycles. The molecule has 1 aliphatic rings. The Labute approximate surface area is 209 Å². The topological polar surface area (TPSA) is 51.2 Å². The number of anilines is 1. The van der Waals surface area contributed by atoms with Gasteiger partial charge >= 0.3 is 6.03 Å². The number of benzene rings is 3. The number of rotatable bonds is 8. The molecule has 0 spiro atoms. The molecule has 1 fully saturated rings. The SMILES string of the molecule is COc1cc(Br)ccc1CN1C(=O)N(c2ccc(OC)c(OCc3ccccc3)c2)CCC1C. The maximum Gasteiger partial charge on any atom is 0.325 e. The lowest BCUT2D eigenvalue weighted by molar-refractivity contribution is 0.165. The van der Waals surface area contributed by atoms with Gasteiger partial charge in [-0.25, -0.2) is 4.79 Å². The van der Waals surface area contributed by atoms with Crippen LogP contribution in [0.25, 0.3) is 0 Å². The van der Waals surface area contributed by atoms with Crippen molar-refractivity contribution in [2.24, 2.45) is 0 Å². The van der Waals surface area contributed by atoms with Gasteiger partial charge in [-0.3, -0.25) is 4.90 Å². The molecular formula is C27H29BrN2O4. The highest BCUT2D eigenvalue weighted by Gasteiger charge is 2.32. The molecule has 0 bridgehead atoms. The second-order valence-electron chi connectivity index (χ2n) is 8.27. The molecule has 0 aromatic heterocycles. The van der Waals surface area contributed by atoms with Crippen molar-refractivity contribution in [3.8, 4) is 17.2 Å². The van der Waals surface area contributed by atoms with Crippen LogP contribution in [0.4, 0.5) is 10.5 Å². The second-order valence-corrected chi connectivity index (χ2v) is 9.18. The van der Waals surface area contributed by atoms with Crippen LogP contribution < -0.4 is 19.1 Å². The molecule has 0 aliphatic carbocycles. The Bertz CT molecular complexity index is 1140. The predicted molar refractivity (Wildman–Crippen MR) is 137 cm³/mol. The number of amides is 2.